The van der Waals surface area contributed by atoms with E-state index in [9.17, 15) is 14.7 Å². The Bertz CT molecular complexity index is 979. The van der Waals surface area contributed by atoms with Gasteiger partial charge in [-0.1, -0.05) is 18.2 Å². The predicted molar refractivity (Wildman–Crippen MR) is 102 cm³/mol. The van der Waals surface area contributed by atoms with Crippen LogP contribution in [0.1, 0.15) is 27.7 Å². The summed E-state index contributed by atoms with van der Waals surface area (Å²) in [4.78, 5) is 26.5. The number of Topliss-reactive ketones (excluding diaryl/α,β-unsaturated/α-hetero) is 1. The van der Waals surface area contributed by atoms with Gasteiger partial charge in [-0.25, -0.2) is 0 Å². The molecule has 3 aromatic rings. The van der Waals surface area contributed by atoms with Crippen LogP contribution >= 0.6 is 11.3 Å². The minimum Gasteiger partial charge on any atom is -0.506 e. The summed E-state index contributed by atoms with van der Waals surface area (Å²) in [5, 5.41) is 25.1. The molecule has 0 unspecified atom stereocenters. The molecule has 0 saturated carbocycles. The van der Waals surface area contributed by atoms with Crippen molar-refractivity contribution in [1.82, 2.24) is 9.88 Å². The lowest BCUT2D eigenvalue weighted by Gasteiger charge is -2.17. The second kappa shape index (κ2) is 7.82. The van der Waals surface area contributed by atoms with E-state index in [2.05, 4.69) is 5.32 Å². The van der Waals surface area contributed by atoms with Gasteiger partial charge in [-0.2, -0.15) is 0 Å². The number of aliphatic hydroxyl groups is 1. The SMILES string of the molecule is Cn1c(=O)c(C(=O)C[C@@H](NCCO)c2cccs2)c(O)c2ccccc21. The number of benzene rings is 1. The number of carbonyl (C=O) groups excluding carboxylic acids is 1. The van der Waals surface area contributed by atoms with Crippen LogP contribution < -0.4 is 10.9 Å². The normalized spacial score (nSPS) is 12.4. The zero-order valence-corrected chi connectivity index (χ0v) is 15.1. The maximum Gasteiger partial charge on any atom is 0.265 e. The molecule has 3 N–H and O–H groups in total. The topological polar surface area (TPSA) is 91.6 Å². The highest BCUT2D eigenvalue weighted by molar-refractivity contribution is 7.10. The van der Waals surface area contributed by atoms with Crippen molar-refractivity contribution in [3.05, 3.63) is 62.6 Å². The zero-order chi connectivity index (χ0) is 18.7. The molecule has 1 atom stereocenters. The summed E-state index contributed by atoms with van der Waals surface area (Å²) in [6, 6.07) is 10.4. The summed E-state index contributed by atoms with van der Waals surface area (Å²) < 4.78 is 1.38. The molecule has 0 aliphatic carbocycles. The third-order valence-corrected chi connectivity index (χ3v) is 5.32. The van der Waals surface area contributed by atoms with Crippen LogP contribution in [-0.2, 0) is 7.05 Å². The monoisotopic (exact) mass is 372 g/mol. The standard InChI is InChI=1S/C19H20N2O4S/c1-21-14-6-3-2-5-12(14)18(24)17(19(21)25)15(23)11-13(20-8-9-22)16-7-4-10-26-16/h2-7,10,13,20,22,24H,8-9,11H2,1H3/t13-/m1/s1. The van der Waals surface area contributed by atoms with Crippen LogP contribution in [0.2, 0.25) is 0 Å². The van der Waals surface area contributed by atoms with E-state index >= 15 is 0 Å². The lowest BCUT2D eigenvalue weighted by molar-refractivity contribution is 0.0963. The number of fused-ring (bicyclic) bond motifs is 1. The Morgan fingerprint density at radius 1 is 1.27 bits per heavy atom. The fourth-order valence-corrected chi connectivity index (χ4v) is 3.82. The fourth-order valence-electron chi connectivity index (χ4n) is 3.02. The van der Waals surface area contributed by atoms with Gasteiger partial charge in [-0.05, 0) is 23.6 Å². The lowest BCUT2D eigenvalue weighted by atomic mass is 10.0. The number of rotatable bonds is 7. The van der Waals surface area contributed by atoms with Crippen molar-refractivity contribution in [3.63, 3.8) is 0 Å². The number of pyridine rings is 1. The van der Waals surface area contributed by atoms with E-state index in [0.717, 1.165) is 4.88 Å². The van der Waals surface area contributed by atoms with Crippen molar-refractivity contribution >= 4 is 28.0 Å². The number of hydrogen-bond donors (Lipinski definition) is 3. The van der Waals surface area contributed by atoms with Crippen molar-refractivity contribution in [2.75, 3.05) is 13.2 Å². The Morgan fingerprint density at radius 3 is 2.73 bits per heavy atom. The van der Waals surface area contributed by atoms with Crippen LogP contribution in [0.15, 0.2) is 46.6 Å². The van der Waals surface area contributed by atoms with Crippen LogP contribution in [0.5, 0.6) is 5.75 Å². The predicted octanol–water partition coefficient (Wildman–Crippen LogP) is 2.20. The largest absolute Gasteiger partial charge is 0.506 e. The summed E-state index contributed by atoms with van der Waals surface area (Å²) in [6.07, 6.45) is 0.0155. The first-order chi connectivity index (χ1) is 12.5. The third kappa shape index (κ3) is 3.41. The Hall–Kier alpha value is -2.48. The van der Waals surface area contributed by atoms with E-state index in [4.69, 9.17) is 5.11 Å². The van der Waals surface area contributed by atoms with E-state index in [0.29, 0.717) is 17.4 Å². The average molecular weight is 372 g/mol. The molecule has 0 aliphatic rings. The van der Waals surface area contributed by atoms with Gasteiger partial charge < -0.3 is 20.1 Å². The molecule has 0 radical (unpaired) electrons. The van der Waals surface area contributed by atoms with Crippen molar-refractivity contribution in [3.8, 4) is 5.75 Å². The smallest absolute Gasteiger partial charge is 0.265 e. The number of nitrogens with zero attached hydrogens (tertiary/aromatic N) is 1. The van der Waals surface area contributed by atoms with E-state index in [1.54, 1.807) is 31.3 Å². The highest BCUT2D eigenvalue weighted by Gasteiger charge is 2.24. The molecule has 136 valence electrons. The number of aromatic nitrogens is 1. The Kier molecular flexibility index (Phi) is 5.51. The first-order valence-electron chi connectivity index (χ1n) is 8.26. The number of para-hydroxylation sites is 1. The van der Waals surface area contributed by atoms with Gasteiger partial charge in [0.05, 0.1) is 12.1 Å². The summed E-state index contributed by atoms with van der Waals surface area (Å²) >= 11 is 1.49. The Balaban J connectivity index is 2.00. The molecule has 0 saturated heterocycles. The maximum absolute atomic E-state index is 12.9. The molecule has 6 nitrogen and oxygen atoms in total. The summed E-state index contributed by atoms with van der Waals surface area (Å²) in [6.45, 7) is 0.274. The van der Waals surface area contributed by atoms with Crippen LogP contribution in [0.25, 0.3) is 10.9 Å². The molecule has 2 aromatic heterocycles. The quantitative estimate of drug-likeness (QED) is 0.553. The Labute approximate surface area is 154 Å². The Morgan fingerprint density at radius 2 is 2.04 bits per heavy atom. The van der Waals surface area contributed by atoms with Gasteiger partial charge in [-0.3, -0.25) is 9.59 Å². The molecular formula is C19H20N2O4S. The number of hydrogen-bond acceptors (Lipinski definition) is 6. The van der Waals surface area contributed by atoms with E-state index in [-0.39, 0.29) is 30.4 Å². The summed E-state index contributed by atoms with van der Waals surface area (Å²) in [5.41, 5.74) is -0.142. The maximum atomic E-state index is 12.9. The van der Waals surface area contributed by atoms with E-state index in [1.807, 2.05) is 17.5 Å². The second-order valence-corrected chi connectivity index (χ2v) is 6.96. The van der Waals surface area contributed by atoms with E-state index < -0.39 is 11.3 Å². The summed E-state index contributed by atoms with van der Waals surface area (Å²) in [5.74, 6) is -0.710. The first kappa shape index (κ1) is 18.3. The molecule has 1 aromatic carbocycles. The number of aliphatic hydroxyl groups excluding tert-OH is 1. The molecule has 0 fully saturated rings. The molecule has 26 heavy (non-hydrogen) atoms. The number of thiophene rings is 1. The van der Waals surface area contributed by atoms with Crippen molar-refractivity contribution < 1.29 is 15.0 Å². The van der Waals surface area contributed by atoms with E-state index in [1.165, 1.54) is 15.9 Å². The fraction of sp³-hybridized carbons (Fsp3) is 0.263. The molecule has 2 heterocycles. The molecule has 0 aliphatic heterocycles. The zero-order valence-electron chi connectivity index (χ0n) is 14.3. The number of carbonyl (C=O) groups is 1. The average Bonchev–Trinajstić information content (AvgIpc) is 3.18. The molecule has 3 rings (SSSR count). The minimum atomic E-state index is -0.515. The highest BCUT2D eigenvalue weighted by atomic mass is 32.1. The van der Waals surface area contributed by atoms with Gasteiger partial charge in [0, 0.05) is 36.3 Å². The number of nitrogens with one attached hydrogen (secondary N) is 1. The number of aromatic hydroxyl groups is 1. The molecule has 0 bridgehead atoms. The van der Waals surface area contributed by atoms with Crippen LogP contribution in [0.3, 0.4) is 0 Å². The van der Waals surface area contributed by atoms with Crippen LogP contribution in [0.4, 0.5) is 0 Å². The van der Waals surface area contributed by atoms with Crippen molar-refractivity contribution in [2.45, 2.75) is 12.5 Å². The first-order valence-corrected chi connectivity index (χ1v) is 9.14. The van der Waals surface area contributed by atoms with Crippen LogP contribution in [-0.4, -0.2) is 33.7 Å². The summed E-state index contributed by atoms with van der Waals surface area (Å²) in [7, 11) is 1.58. The minimum absolute atomic E-state index is 0.0155. The van der Waals surface area contributed by atoms with Gasteiger partial charge in [-0.15, -0.1) is 11.3 Å². The molecule has 7 heteroatoms. The molecular weight excluding hydrogens is 352 g/mol. The van der Waals surface area contributed by atoms with Gasteiger partial charge in [0.2, 0.25) is 0 Å². The van der Waals surface area contributed by atoms with Gasteiger partial charge in [0.15, 0.2) is 5.78 Å². The van der Waals surface area contributed by atoms with Gasteiger partial charge in [0.1, 0.15) is 11.3 Å². The van der Waals surface area contributed by atoms with Gasteiger partial charge in [0.25, 0.3) is 5.56 Å². The number of aryl methyl sites for hydroxylation is 1. The molecule has 0 spiro atoms. The van der Waals surface area contributed by atoms with Crippen LogP contribution in [0, 0.1) is 0 Å². The van der Waals surface area contributed by atoms with Gasteiger partial charge >= 0.3 is 0 Å². The van der Waals surface area contributed by atoms with Crippen molar-refractivity contribution in [2.24, 2.45) is 7.05 Å². The molecule has 0 amide bonds. The highest BCUT2D eigenvalue weighted by Crippen LogP contribution is 2.29. The number of ketones is 1. The van der Waals surface area contributed by atoms with Crippen molar-refractivity contribution in [1.29, 1.82) is 0 Å². The second-order valence-electron chi connectivity index (χ2n) is 5.98. The lowest BCUT2D eigenvalue weighted by Crippen LogP contribution is -2.29. The third-order valence-electron chi connectivity index (χ3n) is 4.33.